The van der Waals surface area contributed by atoms with E-state index in [-0.39, 0.29) is 0 Å². The molecule has 88 valence electrons. The van der Waals surface area contributed by atoms with Gasteiger partial charge in [-0.2, -0.15) is 0 Å². The third kappa shape index (κ3) is 3.14. The van der Waals surface area contributed by atoms with Gasteiger partial charge in [0.05, 0.1) is 10.7 Å². The van der Waals surface area contributed by atoms with Crippen LogP contribution in [0.1, 0.15) is 5.56 Å². The summed E-state index contributed by atoms with van der Waals surface area (Å²) in [7, 11) is 1.91. The summed E-state index contributed by atoms with van der Waals surface area (Å²) in [6, 6.07) is 16.1. The Bertz CT molecular complexity index is 480. The highest BCUT2D eigenvalue weighted by Crippen LogP contribution is 2.21. The van der Waals surface area contributed by atoms with Crippen molar-refractivity contribution in [2.45, 2.75) is 6.54 Å². The number of para-hydroxylation sites is 1. The monoisotopic (exact) mass is 246 g/mol. The van der Waals surface area contributed by atoms with E-state index in [4.69, 9.17) is 11.6 Å². The van der Waals surface area contributed by atoms with Crippen molar-refractivity contribution in [2.24, 2.45) is 0 Å². The van der Waals surface area contributed by atoms with E-state index in [0.717, 1.165) is 22.9 Å². The zero-order valence-electron chi connectivity index (χ0n) is 9.70. The average molecular weight is 247 g/mol. The Hall–Kier alpha value is -1.67. The van der Waals surface area contributed by atoms with Gasteiger partial charge in [-0.25, -0.2) is 0 Å². The quantitative estimate of drug-likeness (QED) is 0.852. The lowest BCUT2D eigenvalue weighted by Crippen LogP contribution is -1.99. The first kappa shape index (κ1) is 11.8. The first-order valence-corrected chi connectivity index (χ1v) is 5.92. The van der Waals surface area contributed by atoms with Crippen LogP contribution >= 0.6 is 11.6 Å². The van der Waals surface area contributed by atoms with E-state index in [0.29, 0.717) is 0 Å². The van der Waals surface area contributed by atoms with Crippen LogP contribution in [0, 0.1) is 0 Å². The molecule has 0 bridgehead atoms. The molecule has 2 aromatic carbocycles. The molecule has 0 radical (unpaired) electrons. The van der Waals surface area contributed by atoms with E-state index >= 15 is 0 Å². The van der Waals surface area contributed by atoms with Crippen molar-refractivity contribution in [3.8, 4) is 0 Å². The molecule has 0 unspecified atom stereocenters. The van der Waals surface area contributed by atoms with Crippen molar-refractivity contribution in [3.05, 3.63) is 59.1 Å². The Kier molecular flexibility index (Phi) is 3.89. The number of rotatable bonds is 4. The molecular formula is C14H15ClN2. The van der Waals surface area contributed by atoms with E-state index in [1.165, 1.54) is 5.56 Å². The predicted octanol–water partition coefficient (Wildman–Crippen LogP) is 3.99. The van der Waals surface area contributed by atoms with Crippen LogP contribution in [0.4, 0.5) is 11.4 Å². The number of halogens is 1. The highest BCUT2D eigenvalue weighted by Gasteiger charge is 1.98. The van der Waals surface area contributed by atoms with Gasteiger partial charge in [-0.1, -0.05) is 35.9 Å². The summed E-state index contributed by atoms with van der Waals surface area (Å²) in [6.07, 6.45) is 0. The molecule has 0 spiro atoms. The van der Waals surface area contributed by atoms with Gasteiger partial charge in [-0.15, -0.1) is 0 Å². The second-order valence-electron chi connectivity index (χ2n) is 3.78. The molecule has 0 fully saturated rings. The summed E-state index contributed by atoms with van der Waals surface area (Å²) >= 11 is 6.07. The molecule has 17 heavy (non-hydrogen) atoms. The third-order valence-corrected chi connectivity index (χ3v) is 2.93. The normalized spacial score (nSPS) is 10.0. The zero-order chi connectivity index (χ0) is 12.1. The first-order valence-electron chi connectivity index (χ1n) is 5.54. The molecule has 0 heterocycles. The lowest BCUT2D eigenvalue weighted by atomic mass is 10.2. The highest BCUT2D eigenvalue weighted by molar-refractivity contribution is 6.33. The van der Waals surface area contributed by atoms with Crippen LogP contribution in [-0.4, -0.2) is 7.05 Å². The maximum absolute atomic E-state index is 6.07. The summed E-state index contributed by atoms with van der Waals surface area (Å²) in [6.45, 7) is 0.772. The van der Waals surface area contributed by atoms with Crippen LogP contribution in [-0.2, 0) is 6.54 Å². The Morgan fingerprint density at radius 1 is 1.00 bits per heavy atom. The minimum absolute atomic E-state index is 0.749. The topological polar surface area (TPSA) is 24.1 Å². The molecule has 0 saturated carbocycles. The molecule has 0 atom stereocenters. The fraction of sp³-hybridized carbons (Fsp3) is 0.143. The third-order valence-electron chi connectivity index (χ3n) is 2.60. The van der Waals surface area contributed by atoms with Crippen molar-refractivity contribution in [3.63, 3.8) is 0 Å². The van der Waals surface area contributed by atoms with Crippen LogP contribution in [0.15, 0.2) is 48.5 Å². The Morgan fingerprint density at radius 2 is 1.71 bits per heavy atom. The second-order valence-corrected chi connectivity index (χ2v) is 4.19. The van der Waals surface area contributed by atoms with Gasteiger partial charge in [-0.05, 0) is 29.8 Å². The van der Waals surface area contributed by atoms with Crippen molar-refractivity contribution in [1.82, 2.24) is 0 Å². The fourth-order valence-electron chi connectivity index (χ4n) is 1.59. The molecule has 2 rings (SSSR count). The molecule has 0 aliphatic carbocycles. The molecule has 0 aliphatic heterocycles. The highest BCUT2D eigenvalue weighted by atomic mass is 35.5. The number of anilines is 2. The number of nitrogens with one attached hydrogen (secondary N) is 2. The number of benzene rings is 2. The molecule has 2 aromatic rings. The van der Waals surface area contributed by atoms with Crippen molar-refractivity contribution in [2.75, 3.05) is 17.7 Å². The molecule has 2 N–H and O–H groups in total. The van der Waals surface area contributed by atoms with E-state index < -0.39 is 0 Å². The van der Waals surface area contributed by atoms with E-state index in [2.05, 4.69) is 34.9 Å². The van der Waals surface area contributed by atoms with E-state index in [9.17, 15) is 0 Å². The molecule has 0 saturated heterocycles. The van der Waals surface area contributed by atoms with Gasteiger partial charge < -0.3 is 10.6 Å². The molecular weight excluding hydrogens is 232 g/mol. The standard InChI is InChI=1S/C14H15ClN2/c1-16-12-8-6-11(7-9-12)10-17-14-5-3-2-4-13(14)15/h2-9,16-17H,10H2,1H3. The zero-order valence-corrected chi connectivity index (χ0v) is 10.5. The predicted molar refractivity (Wildman–Crippen MR) is 74.8 cm³/mol. The van der Waals surface area contributed by atoms with Crippen LogP contribution in [0.5, 0.6) is 0 Å². The van der Waals surface area contributed by atoms with Gasteiger partial charge in [0.1, 0.15) is 0 Å². The molecule has 3 heteroatoms. The largest absolute Gasteiger partial charge is 0.388 e. The second kappa shape index (κ2) is 5.60. The van der Waals surface area contributed by atoms with Crippen molar-refractivity contribution >= 4 is 23.0 Å². The summed E-state index contributed by atoms with van der Waals surface area (Å²) in [5.41, 5.74) is 3.31. The summed E-state index contributed by atoms with van der Waals surface area (Å²) in [5, 5.41) is 7.16. The van der Waals surface area contributed by atoms with Gasteiger partial charge in [0, 0.05) is 19.3 Å². The van der Waals surface area contributed by atoms with E-state index in [1.807, 2.05) is 31.3 Å². The average Bonchev–Trinajstić information content (AvgIpc) is 2.38. The van der Waals surface area contributed by atoms with Gasteiger partial charge in [0.25, 0.3) is 0 Å². The Balaban J connectivity index is 2.00. The number of hydrogen-bond donors (Lipinski definition) is 2. The smallest absolute Gasteiger partial charge is 0.0637 e. The van der Waals surface area contributed by atoms with Gasteiger partial charge in [-0.3, -0.25) is 0 Å². The Labute approximate surface area is 107 Å². The van der Waals surface area contributed by atoms with Crippen LogP contribution in [0.3, 0.4) is 0 Å². The van der Waals surface area contributed by atoms with Crippen LogP contribution in [0.25, 0.3) is 0 Å². The molecule has 2 nitrogen and oxygen atoms in total. The molecule has 0 aliphatic rings. The number of hydrogen-bond acceptors (Lipinski definition) is 2. The van der Waals surface area contributed by atoms with Crippen LogP contribution < -0.4 is 10.6 Å². The van der Waals surface area contributed by atoms with E-state index in [1.54, 1.807) is 0 Å². The summed E-state index contributed by atoms with van der Waals surface area (Å²) < 4.78 is 0. The minimum atomic E-state index is 0.749. The van der Waals surface area contributed by atoms with Gasteiger partial charge >= 0.3 is 0 Å². The minimum Gasteiger partial charge on any atom is -0.388 e. The lowest BCUT2D eigenvalue weighted by Gasteiger charge is -2.08. The summed E-state index contributed by atoms with van der Waals surface area (Å²) in [5.74, 6) is 0. The van der Waals surface area contributed by atoms with Gasteiger partial charge in [0.2, 0.25) is 0 Å². The summed E-state index contributed by atoms with van der Waals surface area (Å²) in [4.78, 5) is 0. The Morgan fingerprint density at radius 3 is 2.35 bits per heavy atom. The lowest BCUT2D eigenvalue weighted by molar-refractivity contribution is 1.15. The maximum Gasteiger partial charge on any atom is 0.0637 e. The SMILES string of the molecule is CNc1ccc(CNc2ccccc2Cl)cc1. The van der Waals surface area contributed by atoms with Crippen molar-refractivity contribution < 1.29 is 0 Å². The fourth-order valence-corrected chi connectivity index (χ4v) is 1.79. The molecule has 0 aromatic heterocycles. The van der Waals surface area contributed by atoms with Crippen molar-refractivity contribution in [1.29, 1.82) is 0 Å². The van der Waals surface area contributed by atoms with Gasteiger partial charge in [0.15, 0.2) is 0 Å². The molecule has 0 amide bonds. The van der Waals surface area contributed by atoms with Crippen LogP contribution in [0.2, 0.25) is 5.02 Å². The maximum atomic E-state index is 6.07. The first-order chi connectivity index (χ1) is 8.29.